The number of nitrogens with one attached hydrogen (secondary N) is 2. The van der Waals surface area contributed by atoms with Gasteiger partial charge in [0.1, 0.15) is 16.6 Å². The lowest BCUT2D eigenvalue weighted by Crippen LogP contribution is -2.26. The molecule has 0 saturated carbocycles. The van der Waals surface area contributed by atoms with Crippen LogP contribution in [0.15, 0.2) is 29.4 Å². The number of amides is 2. The van der Waals surface area contributed by atoms with E-state index in [9.17, 15) is 9.59 Å². The number of rotatable bonds is 10. The standard InChI is InChI=1S/C20H25N7O3S2/c1-12(2)18-24-25-19(32-18)22-16(28)11-31-20-26-23-15(27(20)3)9-10-21-17(29)13-5-7-14(30-4)8-6-13/h5-8,12H,9-11H2,1-4H3,(H,21,29)(H,22,25,28). The smallest absolute Gasteiger partial charge is 0.251 e. The second-order valence-electron chi connectivity index (χ2n) is 7.13. The maximum atomic E-state index is 12.2. The van der Waals surface area contributed by atoms with Gasteiger partial charge in [-0.3, -0.25) is 14.9 Å². The second kappa shape index (κ2) is 11.0. The molecule has 3 rings (SSSR count). The molecule has 0 unspecified atom stereocenters. The maximum Gasteiger partial charge on any atom is 0.251 e. The summed E-state index contributed by atoms with van der Waals surface area (Å²) in [5.74, 6) is 1.51. The van der Waals surface area contributed by atoms with Gasteiger partial charge in [-0.15, -0.1) is 20.4 Å². The number of nitrogens with zero attached hydrogens (tertiary/aromatic N) is 5. The molecule has 2 aromatic heterocycles. The molecular formula is C20H25N7O3S2. The second-order valence-corrected chi connectivity index (χ2v) is 9.08. The van der Waals surface area contributed by atoms with Crippen molar-refractivity contribution < 1.29 is 14.3 Å². The van der Waals surface area contributed by atoms with Crippen molar-refractivity contribution in [3.8, 4) is 5.75 Å². The van der Waals surface area contributed by atoms with Gasteiger partial charge in [0.05, 0.1) is 12.9 Å². The van der Waals surface area contributed by atoms with Gasteiger partial charge < -0.3 is 14.6 Å². The summed E-state index contributed by atoms with van der Waals surface area (Å²) in [7, 11) is 3.41. The molecular weight excluding hydrogens is 450 g/mol. The summed E-state index contributed by atoms with van der Waals surface area (Å²) < 4.78 is 6.91. The number of benzene rings is 1. The SMILES string of the molecule is COc1ccc(C(=O)NCCc2nnc(SCC(=O)Nc3nnc(C(C)C)s3)n2C)cc1. The summed E-state index contributed by atoms with van der Waals surface area (Å²) in [6.45, 7) is 4.47. The van der Waals surface area contributed by atoms with Gasteiger partial charge in [-0.1, -0.05) is 36.9 Å². The van der Waals surface area contributed by atoms with Crippen molar-refractivity contribution in [3.63, 3.8) is 0 Å². The van der Waals surface area contributed by atoms with Crippen LogP contribution in [-0.2, 0) is 18.3 Å². The molecule has 0 aliphatic heterocycles. The molecule has 10 nitrogen and oxygen atoms in total. The summed E-state index contributed by atoms with van der Waals surface area (Å²) in [5, 5.41) is 24.0. The maximum absolute atomic E-state index is 12.2. The third kappa shape index (κ3) is 6.26. The van der Waals surface area contributed by atoms with Gasteiger partial charge >= 0.3 is 0 Å². The fourth-order valence-corrected chi connectivity index (χ4v) is 4.12. The predicted molar refractivity (Wildman–Crippen MR) is 123 cm³/mol. The zero-order valence-electron chi connectivity index (χ0n) is 18.3. The van der Waals surface area contributed by atoms with E-state index >= 15 is 0 Å². The highest BCUT2D eigenvalue weighted by Gasteiger charge is 2.14. The Balaban J connectivity index is 1.44. The van der Waals surface area contributed by atoms with Crippen molar-refractivity contribution in [2.75, 3.05) is 24.7 Å². The minimum atomic E-state index is -0.183. The van der Waals surface area contributed by atoms with E-state index in [0.29, 0.717) is 40.4 Å². The van der Waals surface area contributed by atoms with Crippen LogP contribution in [0.25, 0.3) is 0 Å². The summed E-state index contributed by atoms with van der Waals surface area (Å²) in [5.41, 5.74) is 0.557. The molecule has 0 aliphatic rings. The first kappa shape index (κ1) is 23.7. The number of thioether (sulfide) groups is 1. The highest BCUT2D eigenvalue weighted by atomic mass is 32.2. The van der Waals surface area contributed by atoms with Crippen LogP contribution < -0.4 is 15.4 Å². The van der Waals surface area contributed by atoms with E-state index in [1.807, 2.05) is 25.5 Å². The first-order chi connectivity index (χ1) is 15.4. The average molecular weight is 476 g/mol. The molecule has 0 spiro atoms. The van der Waals surface area contributed by atoms with E-state index in [2.05, 4.69) is 31.0 Å². The molecule has 2 heterocycles. The molecule has 2 N–H and O–H groups in total. The van der Waals surface area contributed by atoms with Crippen molar-refractivity contribution >= 4 is 40.0 Å². The topological polar surface area (TPSA) is 124 Å². The van der Waals surface area contributed by atoms with E-state index in [0.717, 1.165) is 5.01 Å². The molecule has 3 aromatic rings. The minimum absolute atomic E-state index is 0.168. The van der Waals surface area contributed by atoms with Gasteiger partial charge in [-0.25, -0.2) is 0 Å². The van der Waals surface area contributed by atoms with Gasteiger partial charge in [0.2, 0.25) is 11.0 Å². The molecule has 0 radical (unpaired) electrons. The number of aromatic nitrogens is 5. The van der Waals surface area contributed by atoms with Crippen molar-refractivity contribution in [2.45, 2.75) is 31.3 Å². The zero-order chi connectivity index (χ0) is 23.1. The summed E-state index contributed by atoms with van der Waals surface area (Å²) in [4.78, 5) is 24.4. The van der Waals surface area contributed by atoms with E-state index in [1.54, 1.807) is 31.4 Å². The average Bonchev–Trinajstić information content (AvgIpc) is 3.39. The molecule has 2 amide bonds. The van der Waals surface area contributed by atoms with Crippen LogP contribution in [0.1, 0.15) is 41.0 Å². The zero-order valence-corrected chi connectivity index (χ0v) is 19.9. The highest BCUT2D eigenvalue weighted by molar-refractivity contribution is 7.99. The lowest BCUT2D eigenvalue weighted by molar-refractivity contribution is -0.113. The normalized spacial score (nSPS) is 10.9. The Morgan fingerprint density at radius 3 is 2.56 bits per heavy atom. The summed E-state index contributed by atoms with van der Waals surface area (Å²) in [6, 6.07) is 6.90. The minimum Gasteiger partial charge on any atom is -0.497 e. The molecule has 0 saturated heterocycles. The monoisotopic (exact) mass is 475 g/mol. The molecule has 0 atom stereocenters. The Morgan fingerprint density at radius 2 is 1.91 bits per heavy atom. The van der Waals surface area contributed by atoms with Crippen molar-refractivity contribution in [2.24, 2.45) is 7.05 Å². The Hall–Kier alpha value is -2.99. The van der Waals surface area contributed by atoms with E-state index in [1.165, 1.54) is 23.1 Å². The molecule has 0 fully saturated rings. The van der Waals surface area contributed by atoms with Gasteiger partial charge in [-0.05, 0) is 24.3 Å². The van der Waals surface area contributed by atoms with E-state index < -0.39 is 0 Å². The number of carbonyl (C=O) groups excluding carboxylic acids is 2. The van der Waals surface area contributed by atoms with Gasteiger partial charge in [0.25, 0.3) is 5.91 Å². The fraction of sp³-hybridized carbons (Fsp3) is 0.400. The largest absolute Gasteiger partial charge is 0.497 e. The van der Waals surface area contributed by atoms with Gasteiger partial charge in [-0.2, -0.15) is 0 Å². The number of anilines is 1. The molecule has 0 bridgehead atoms. The Labute approximate surface area is 194 Å². The lowest BCUT2D eigenvalue weighted by atomic mass is 10.2. The molecule has 12 heteroatoms. The number of ether oxygens (including phenoxy) is 1. The van der Waals surface area contributed by atoms with E-state index in [-0.39, 0.29) is 23.5 Å². The van der Waals surface area contributed by atoms with Crippen molar-refractivity contribution in [1.29, 1.82) is 0 Å². The number of carbonyl (C=O) groups is 2. The van der Waals surface area contributed by atoms with Crippen molar-refractivity contribution in [1.82, 2.24) is 30.3 Å². The van der Waals surface area contributed by atoms with Crippen LogP contribution in [0.2, 0.25) is 0 Å². The Kier molecular flexibility index (Phi) is 8.17. The van der Waals surface area contributed by atoms with E-state index in [4.69, 9.17) is 4.74 Å². The molecule has 32 heavy (non-hydrogen) atoms. The molecule has 170 valence electrons. The van der Waals surface area contributed by atoms with Gasteiger partial charge in [0.15, 0.2) is 5.16 Å². The molecule has 1 aromatic carbocycles. The Bertz CT molecular complexity index is 1060. The number of methoxy groups -OCH3 is 1. The lowest BCUT2D eigenvalue weighted by Gasteiger charge is -2.07. The summed E-state index contributed by atoms with van der Waals surface area (Å²) in [6.07, 6.45) is 0.515. The predicted octanol–water partition coefficient (Wildman–Crippen LogP) is 2.50. The third-order valence-corrected chi connectivity index (χ3v) is 6.58. The van der Waals surface area contributed by atoms with Crippen LogP contribution in [0.5, 0.6) is 5.75 Å². The first-order valence-electron chi connectivity index (χ1n) is 9.94. The quantitative estimate of drug-likeness (QED) is 0.429. The third-order valence-electron chi connectivity index (χ3n) is 4.42. The number of hydrogen-bond donors (Lipinski definition) is 2. The van der Waals surface area contributed by atoms with Crippen molar-refractivity contribution in [3.05, 3.63) is 40.7 Å². The van der Waals surface area contributed by atoms with Gasteiger partial charge in [0, 0.05) is 31.5 Å². The first-order valence-corrected chi connectivity index (χ1v) is 11.7. The highest BCUT2D eigenvalue weighted by Crippen LogP contribution is 2.23. The van der Waals surface area contributed by atoms with Crippen LogP contribution in [0.4, 0.5) is 5.13 Å². The van der Waals surface area contributed by atoms with Crippen LogP contribution in [0, 0.1) is 0 Å². The van der Waals surface area contributed by atoms with Crippen LogP contribution in [0.3, 0.4) is 0 Å². The van der Waals surface area contributed by atoms with Crippen LogP contribution in [-0.4, -0.2) is 56.2 Å². The van der Waals surface area contributed by atoms with Crippen LogP contribution >= 0.6 is 23.1 Å². The summed E-state index contributed by atoms with van der Waals surface area (Å²) >= 11 is 2.66. The fourth-order valence-electron chi connectivity index (χ4n) is 2.62. The Morgan fingerprint density at radius 1 is 1.16 bits per heavy atom. The number of hydrogen-bond acceptors (Lipinski definition) is 9. The molecule has 0 aliphatic carbocycles.